The molecule has 0 aromatic heterocycles. The van der Waals surface area contributed by atoms with Gasteiger partial charge in [-0.3, -0.25) is 4.79 Å². The maximum atomic E-state index is 12.8. The van der Waals surface area contributed by atoms with Gasteiger partial charge in [-0.05, 0) is 24.6 Å². The van der Waals surface area contributed by atoms with Crippen LogP contribution in [0.2, 0.25) is 0 Å². The predicted octanol–water partition coefficient (Wildman–Crippen LogP) is 2.96. The van der Waals surface area contributed by atoms with Crippen LogP contribution in [-0.4, -0.2) is 24.5 Å². The summed E-state index contributed by atoms with van der Waals surface area (Å²) in [6.45, 7) is 3.75. The molecule has 2 aromatic rings. The first-order chi connectivity index (χ1) is 11.4. The molecule has 24 heavy (non-hydrogen) atoms. The molecule has 1 amide bonds. The lowest BCUT2D eigenvalue weighted by atomic mass is 9.94. The average Bonchev–Trinajstić information content (AvgIpc) is 2.56. The standard InChI is InChI=1S/C18H18N2O3S/c1-13-8-10-16(11-9-13)24(22,23)20-17(21)12-14(2)18(19-20)15-6-4-3-5-7-15/h3-11,14H,12H2,1-2H3. The van der Waals surface area contributed by atoms with Crippen LogP contribution >= 0.6 is 0 Å². The van der Waals surface area contributed by atoms with Crippen LogP contribution in [0.4, 0.5) is 0 Å². The molecule has 5 nitrogen and oxygen atoms in total. The molecule has 0 fully saturated rings. The minimum absolute atomic E-state index is 0.0622. The van der Waals surface area contributed by atoms with Crippen molar-refractivity contribution in [2.24, 2.45) is 11.0 Å². The van der Waals surface area contributed by atoms with Crippen LogP contribution in [0.3, 0.4) is 0 Å². The molecule has 0 aliphatic carbocycles. The van der Waals surface area contributed by atoms with E-state index in [-0.39, 0.29) is 17.2 Å². The van der Waals surface area contributed by atoms with Gasteiger partial charge in [0.05, 0.1) is 10.6 Å². The molecular weight excluding hydrogens is 324 g/mol. The number of carbonyl (C=O) groups is 1. The van der Waals surface area contributed by atoms with Crippen LogP contribution in [-0.2, 0) is 14.8 Å². The fraction of sp³-hybridized carbons (Fsp3) is 0.222. The molecule has 1 unspecified atom stereocenters. The summed E-state index contributed by atoms with van der Waals surface area (Å²) in [4.78, 5) is 12.4. The molecular formula is C18H18N2O3S. The summed E-state index contributed by atoms with van der Waals surface area (Å²) in [5, 5.41) is 4.20. The van der Waals surface area contributed by atoms with Crippen LogP contribution in [0.5, 0.6) is 0 Å². The van der Waals surface area contributed by atoms with Crippen molar-refractivity contribution >= 4 is 21.6 Å². The quantitative estimate of drug-likeness (QED) is 0.861. The van der Waals surface area contributed by atoms with Gasteiger partial charge in [0.15, 0.2) is 0 Å². The summed E-state index contributed by atoms with van der Waals surface area (Å²) >= 11 is 0. The lowest BCUT2D eigenvalue weighted by Gasteiger charge is -2.27. The molecule has 6 heteroatoms. The van der Waals surface area contributed by atoms with E-state index < -0.39 is 15.9 Å². The molecule has 0 saturated heterocycles. The van der Waals surface area contributed by atoms with Crippen LogP contribution in [0, 0.1) is 12.8 Å². The Balaban J connectivity index is 2.07. The van der Waals surface area contributed by atoms with Gasteiger partial charge in [0.2, 0.25) is 0 Å². The van der Waals surface area contributed by atoms with E-state index in [9.17, 15) is 13.2 Å². The Kier molecular flexibility index (Phi) is 4.24. The van der Waals surface area contributed by atoms with E-state index in [0.29, 0.717) is 10.1 Å². The van der Waals surface area contributed by atoms with Crippen LogP contribution < -0.4 is 0 Å². The number of benzene rings is 2. The highest BCUT2D eigenvalue weighted by molar-refractivity contribution is 7.89. The highest BCUT2D eigenvalue weighted by Gasteiger charge is 2.35. The summed E-state index contributed by atoms with van der Waals surface area (Å²) in [5.74, 6) is -0.646. The van der Waals surface area contributed by atoms with Gasteiger partial charge in [0.1, 0.15) is 0 Å². The van der Waals surface area contributed by atoms with Gasteiger partial charge in [0.25, 0.3) is 15.9 Å². The molecule has 1 aliphatic rings. The second kappa shape index (κ2) is 6.20. The number of hydrogen-bond acceptors (Lipinski definition) is 4. The highest BCUT2D eigenvalue weighted by atomic mass is 32.2. The number of carbonyl (C=O) groups excluding carboxylic acids is 1. The van der Waals surface area contributed by atoms with E-state index >= 15 is 0 Å². The Hall–Kier alpha value is -2.47. The number of rotatable bonds is 3. The van der Waals surface area contributed by atoms with Gasteiger partial charge in [0, 0.05) is 12.3 Å². The lowest BCUT2D eigenvalue weighted by molar-refractivity contribution is -0.127. The first-order valence-electron chi connectivity index (χ1n) is 7.68. The predicted molar refractivity (Wildman–Crippen MR) is 92.0 cm³/mol. The van der Waals surface area contributed by atoms with Crippen LogP contribution in [0.15, 0.2) is 64.6 Å². The van der Waals surface area contributed by atoms with E-state index in [2.05, 4.69) is 5.10 Å². The molecule has 1 aliphatic heterocycles. The fourth-order valence-electron chi connectivity index (χ4n) is 2.64. The molecule has 2 aromatic carbocycles. The van der Waals surface area contributed by atoms with Gasteiger partial charge >= 0.3 is 0 Å². The van der Waals surface area contributed by atoms with E-state index in [1.165, 1.54) is 12.1 Å². The number of hydrazone groups is 1. The van der Waals surface area contributed by atoms with Gasteiger partial charge in [-0.1, -0.05) is 55.0 Å². The number of aryl methyl sites for hydroxylation is 1. The van der Waals surface area contributed by atoms with Gasteiger partial charge < -0.3 is 0 Å². The van der Waals surface area contributed by atoms with E-state index in [4.69, 9.17) is 0 Å². The van der Waals surface area contributed by atoms with Gasteiger partial charge in [-0.2, -0.15) is 13.5 Å². The maximum Gasteiger partial charge on any atom is 0.286 e. The zero-order chi connectivity index (χ0) is 17.3. The summed E-state index contributed by atoms with van der Waals surface area (Å²) in [7, 11) is -4.00. The number of nitrogens with zero attached hydrogens (tertiary/aromatic N) is 2. The van der Waals surface area contributed by atoms with Crippen molar-refractivity contribution in [3.05, 3.63) is 65.7 Å². The fourth-order valence-corrected chi connectivity index (χ4v) is 3.86. The minimum atomic E-state index is -4.00. The van der Waals surface area contributed by atoms with Crippen LogP contribution in [0.1, 0.15) is 24.5 Å². The molecule has 0 radical (unpaired) electrons. The zero-order valence-electron chi connectivity index (χ0n) is 13.5. The molecule has 3 rings (SSSR count). The van der Waals surface area contributed by atoms with E-state index in [1.54, 1.807) is 12.1 Å². The first-order valence-corrected chi connectivity index (χ1v) is 9.12. The zero-order valence-corrected chi connectivity index (χ0v) is 14.3. The van der Waals surface area contributed by atoms with Crippen LogP contribution in [0.25, 0.3) is 0 Å². The van der Waals surface area contributed by atoms with Gasteiger partial charge in [-0.25, -0.2) is 0 Å². The molecule has 0 spiro atoms. The van der Waals surface area contributed by atoms with Crippen molar-refractivity contribution in [3.8, 4) is 0 Å². The molecule has 1 heterocycles. The summed E-state index contributed by atoms with van der Waals surface area (Å²) in [6, 6.07) is 15.7. The maximum absolute atomic E-state index is 12.8. The molecule has 0 N–H and O–H groups in total. The second-order valence-electron chi connectivity index (χ2n) is 5.91. The Morgan fingerprint density at radius 2 is 1.67 bits per heavy atom. The van der Waals surface area contributed by atoms with Crippen molar-refractivity contribution in [2.45, 2.75) is 25.2 Å². The third-order valence-corrected chi connectivity index (χ3v) is 5.58. The average molecular weight is 342 g/mol. The molecule has 0 saturated carbocycles. The van der Waals surface area contributed by atoms with Crippen molar-refractivity contribution in [1.82, 2.24) is 4.41 Å². The van der Waals surface area contributed by atoms with Crippen molar-refractivity contribution in [2.75, 3.05) is 0 Å². The third kappa shape index (κ3) is 2.97. The summed E-state index contributed by atoms with van der Waals surface area (Å²) in [5.41, 5.74) is 2.37. The van der Waals surface area contributed by atoms with Crippen molar-refractivity contribution < 1.29 is 13.2 Å². The normalized spacial score (nSPS) is 18.4. The Morgan fingerprint density at radius 1 is 1.04 bits per heavy atom. The van der Waals surface area contributed by atoms with Crippen molar-refractivity contribution in [1.29, 1.82) is 0 Å². The molecule has 1 atom stereocenters. The number of hydrogen-bond donors (Lipinski definition) is 0. The Bertz CT molecular complexity index is 888. The third-order valence-electron chi connectivity index (χ3n) is 3.98. The molecule has 0 bridgehead atoms. The molecule has 124 valence electrons. The number of sulfonamides is 1. The largest absolute Gasteiger partial charge is 0.286 e. The minimum Gasteiger partial charge on any atom is -0.272 e. The summed E-state index contributed by atoms with van der Waals surface area (Å²) < 4.78 is 26.2. The highest BCUT2D eigenvalue weighted by Crippen LogP contribution is 2.26. The monoisotopic (exact) mass is 342 g/mol. The lowest BCUT2D eigenvalue weighted by Crippen LogP contribution is -2.40. The van der Waals surface area contributed by atoms with Crippen molar-refractivity contribution in [3.63, 3.8) is 0 Å². The van der Waals surface area contributed by atoms with Gasteiger partial charge in [-0.15, -0.1) is 4.41 Å². The Labute approximate surface area is 141 Å². The smallest absolute Gasteiger partial charge is 0.272 e. The van der Waals surface area contributed by atoms with E-state index in [0.717, 1.165) is 11.1 Å². The SMILES string of the molecule is Cc1ccc(S(=O)(=O)N2N=C(c3ccccc3)C(C)CC2=O)cc1. The number of amides is 1. The first kappa shape index (κ1) is 16.4. The second-order valence-corrected chi connectivity index (χ2v) is 7.68. The Morgan fingerprint density at radius 3 is 2.29 bits per heavy atom. The summed E-state index contributed by atoms with van der Waals surface area (Å²) in [6.07, 6.45) is 0.110. The van der Waals surface area contributed by atoms with E-state index in [1.807, 2.05) is 44.2 Å². The topological polar surface area (TPSA) is 66.8 Å².